The lowest BCUT2D eigenvalue weighted by Crippen LogP contribution is -2.40. The van der Waals surface area contributed by atoms with Crippen molar-refractivity contribution in [1.82, 2.24) is 4.57 Å². The Kier molecular flexibility index (Phi) is 7.39. The normalized spacial score (nSPS) is 15.5. The van der Waals surface area contributed by atoms with Gasteiger partial charge in [0, 0.05) is 22.0 Å². The summed E-state index contributed by atoms with van der Waals surface area (Å²) in [6.45, 7) is 4.91. The van der Waals surface area contributed by atoms with Crippen molar-refractivity contribution in [1.29, 1.82) is 0 Å². The lowest BCUT2D eigenvalue weighted by atomic mass is 9.96. The van der Waals surface area contributed by atoms with Gasteiger partial charge in [-0.25, -0.2) is 9.79 Å². The fraction of sp³-hybridized carbons (Fsp3) is 0.200. The van der Waals surface area contributed by atoms with E-state index >= 15 is 0 Å². The van der Waals surface area contributed by atoms with Gasteiger partial charge in [0.1, 0.15) is 11.8 Å². The van der Waals surface area contributed by atoms with Crippen molar-refractivity contribution in [3.8, 4) is 5.75 Å². The number of aromatic nitrogens is 1. The highest BCUT2D eigenvalue weighted by molar-refractivity contribution is 9.10. The number of esters is 2. The summed E-state index contributed by atoms with van der Waals surface area (Å²) in [5.74, 6) is -0.716. The molecular weight excluding hydrogens is 556 g/mol. The number of carbonyl (C=O) groups excluding carboxylic acids is 2. The monoisotopic (exact) mass is 574 g/mol. The van der Waals surface area contributed by atoms with Crippen LogP contribution in [0.1, 0.15) is 37.9 Å². The maximum Gasteiger partial charge on any atom is 0.338 e. The highest BCUT2D eigenvalue weighted by atomic mass is 79.9. The van der Waals surface area contributed by atoms with Gasteiger partial charge in [-0.1, -0.05) is 57.1 Å². The van der Waals surface area contributed by atoms with Gasteiger partial charge in [-0.2, -0.15) is 0 Å². The highest BCUT2D eigenvalue weighted by Crippen LogP contribution is 2.34. The van der Waals surface area contributed by atoms with Crippen LogP contribution >= 0.6 is 38.9 Å². The first-order valence-corrected chi connectivity index (χ1v) is 12.6. The lowest BCUT2D eigenvalue weighted by molar-refractivity contribution is -0.139. The first-order valence-electron chi connectivity index (χ1n) is 10.6. The Balaban J connectivity index is 1.98. The molecular formula is C25H20BrClN2O5S. The van der Waals surface area contributed by atoms with Crippen molar-refractivity contribution < 1.29 is 19.1 Å². The van der Waals surface area contributed by atoms with Crippen molar-refractivity contribution in [2.75, 3.05) is 6.61 Å². The van der Waals surface area contributed by atoms with Gasteiger partial charge in [0.25, 0.3) is 5.56 Å². The standard InChI is InChI=1S/C25H20BrClN2O5S/c1-4-33-24(32)21-13(2)28-25-29(22(21)17-7-5-6-8-18(17)27)23(31)20(35-25)12-15-11-16(26)9-10-19(15)34-14(3)30/h5-12,22H,4H2,1-3H3/b20-12+/t22-/m1/s1. The van der Waals surface area contributed by atoms with Crippen LogP contribution in [-0.4, -0.2) is 23.1 Å². The van der Waals surface area contributed by atoms with E-state index in [0.717, 1.165) is 4.47 Å². The molecule has 35 heavy (non-hydrogen) atoms. The van der Waals surface area contributed by atoms with Crippen LogP contribution in [0, 0.1) is 0 Å². The van der Waals surface area contributed by atoms with E-state index in [1.54, 1.807) is 62.4 Å². The number of hydrogen-bond acceptors (Lipinski definition) is 7. The molecule has 0 unspecified atom stereocenters. The van der Waals surface area contributed by atoms with Crippen LogP contribution in [0.25, 0.3) is 6.08 Å². The van der Waals surface area contributed by atoms with Crippen LogP contribution in [0.5, 0.6) is 5.75 Å². The van der Waals surface area contributed by atoms with E-state index in [1.807, 2.05) is 0 Å². The molecule has 10 heteroatoms. The molecule has 7 nitrogen and oxygen atoms in total. The molecule has 0 N–H and O–H groups in total. The van der Waals surface area contributed by atoms with Gasteiger partial charge in [0.05, 0.1) is 22.4 Å². The summed E-state index contributed by atoms with van der Waals surface area (Å²) in [6, 6.07) is 11.4. The number of thiazole rings is 1. The Labute approximate surface area is 218 Å². The van der Waals surface area contributed by atoms with Crippen molar-refractivity contribution >= 4 is 56.9 Å². The number of halogens is 2. The SMILES string of the molecule is CCOC(=O)C1=C(C)N=c2s/c(=C/c3cc(Br)ccc3OC(C)=O)c(=O)n2[C@@H]1c1ccccc1Cl. The largest absolute Gasteiger partial charge is 0.463 e. The third kappa shape index (κ3) is 5.03. The summed E-state index contributed by atoms with van der Waals surface area (Å²) in [5.41, 5.74) is 1.46. The van der Waals surface area contributed by atoms with E-state index in [2.05, 4.69) is 20.9 Å². The molecule has 0 amide bonds. The second-order valence-electron chi connectivity index (χ2n) is 7.60. The third-order valence-electron chi connectivity index (χ3n) is 5.23. The minimum Gasteiger partial charge on any atom is -0.463 e. The van der Waals surface area contributed by atoms with Crippen molar-refractivity contribution in [3.05, 3.63) is 94.0 Å². The smallest absolute Gasteiger partial charge is 0.338 e. The van der Waals surface area contributed by atoms with E-state index in [9.17, 15) is 14.4 Å². The molecule has 4 rings (SSSR count). The molecule has 3 aromatic rings. The second-order valence-corrected chi connectivity index (χ2v) is 9.93. The molecule has 0 aliphatic carbocycles. The van der Waals surface area contributed by atoms with Gasteiger partial charge in [-0.3, -0.25) is 14.2 Å². The predicted molar refractivity (Wildman–Crippen MR) is 137 cm³/mol. The third-order valence-corrected chi connectivity index (χ3v) is 7.05. The van der Waals surface area contributed by atoms with E-state index in [-0.39, 0.29) is 17.7 Å². The molecule has 2 aromatic carbocycles. The summed E-state index contributed by atoms with van der Waals surface area (Å²) >= 11 is 11.1. The van der Waals surface area contributed by atoms with E-state index in [4.69, 9.17) is 21.1 Å². The molecule has 0 fully saturated rings. The number of carbonyl (C=O) groups is 2. The van der Waals surface area contributed by atoms with Gasteiger partial charge < -0.3 is 9.47 Å². The van der Waals surface area contributed by atoms with Crippen LogP contribution in [0.3, 0.4) is 0 Å². The van der Waals surface area contributed by atoms with Gasteiger partial charge in [0.2, 0.25) is 0 Å². The number of fused-ring (bicyclic) bond motifs is 1. The second kappa shape index (κ2) is 10.3. The molecule has 0 saturated heterocycles. The summed E-state index contributed by atoms with van der Waals surface area (Å²) in [4.78, 5) is 43.2. The number of rotatable bonds is 5. The molecule has 1 aliphatic heterocycles. The summed E-state index contributed by atoms with van der Waals surface area (Å²) < 4.78 is 13.2. The van der Waals surface area contributed by atoms with Crippen LogP contribution in [0.2, 0.25) is 5.02 Å². The van der Waals surface area contributed by atoms with Crippen molar-refractivity contribution in [2.45, 2.75) is 26.8 Å². The zero-order valence-electron chi connectivity index (χ0n) is 19.0. The molecule has 180 valence electrons. The molecule has 0 saturated carbocycles. The topological polar surface area (TPSA) is 87.0 Å². The minimum atomic E-state index is -0.809. The summed E-state index contributed by atoms with van der Waals surface area (Å²) in [6.07, 6.45) is 1.64. The molecule has 1 atom stereocenters. The molecule has 0 spiro atoms. The Morgan fingerprint density at radius 1 is 1.26 bits per heavy atom. The zero-order chi connectivity index (χ0) is 25.3. The van der Waals surface area contributed by atoms with Crippen LogP contribution in [-0.2, 0) is 14.3 Å². The Morgan fingerprint density at radius 2 is 2.00 bits per heavy atom. The minimum absolute atomic E-state index is 0.178. The van der Waals surface area contributed by atoms with Gasteiger partial charge in [-0.05, 0) is 49.8 Å². The first kappa shape index (κ1) is 25.1. The quantitative estimate of drug-likeness (QED) is 0.337. The first-order chi connectivity index (χ1) is 16.7. The molecule has 1 aromatic heterocycles. The maximum absolute atomic E-state index is 13.7. The molecule has 1 aliphatic rings. The van der Waals surface area contributed by atoms with Gasteiger partial charge in [-0.15, -0.1) is 0 Å². The lowest BCUT2D eigenvalue weighted by Gasteiger charge is -2.25. The van der Waals surface area contributed by atoms with Crippen LogP contribution < -0.4 is 19.6 Å². The molecule has 0 bridgehead atoms. The van der Waals surface area contributed by atoms with E-state index in [0.29, 0.717) is 36.9 Å². The Morgan fingerprint density at radius 3 is 2.69 bits per heavy atom. The van der Waals surface area contributed by atoms with Crippen molar-refractivity contribution in [3.63, 3.8) is 0 Å². The average Bonchev–Trinajstić information content (AvgIpc) is 3.09. The van der Waals surface area contributed by atoms with E-state index in [1.165, 1.54) is 22.8 Å². The number of allylic oxidation sites excluding steroid dienone is 1. The molecule has 2 heterocycles. The van der Waals surface area contributed by atoms with E-state index < -0.39 is 18.0 Å². The Bertz CT molecular complexity index is 1560. The van der Waals surface area contributed by atoms with Crippen LogP contribution in [0.15, 0.2) is 68.0 Å². The average molecular weight is 576 g/mol. The van der Waals surface area contributed by atoms with Gasteiger partial charge in [0.15, 0.2) is 4.80 Å². The van der Waals surface area contributed by atoms with Crippen molar-refractivity contribution in [2.24, 2.45) is 4.99 Å². The number of nitrogens with zero attached hydrogens (tertiary/aromatic N) is 2. The Hall–Kier alpha value is -3.01. The van der Waals surface area contributed by atoms with Gasteiger partial charge >= 0.3 is 11.9 Å². The van der Waals surface area contributed by atoms with Crippen LogP contribution in [0.4, 0.5) is 0 Å². The summed E-state index contributed by atoms with van der Waals surface area (Å²) in [7, 11) is 0. The molecule has 0 radical (unpaired) electrons. The fourth-order valence-corrected chi connectivity index (χ4v) is 5.46. The number of benzene rings is 2. The maximum atomic E-state index is 13.7. The highest BCUT2D eigenvalue weighted by Gasteiger charge is 2.34. The predicted octanol–water partition coefficient (Wildman–Crippen LogP) is 4.14. The summed E-state index contributed by atoms with van der Waals surface area (Å²) in [5, 5.41) is 0.410. The number of hydrogen-bond donors (Lipinski definition) is 0. The zero-order valence-corrected chi connectivity index (χ0v) is 22.2. The number of ether oxygens (including phenoxy) is 2. The fourth-order valence-electron chi connectivity index (χ4n) is 3.80.